The number of H-pyrrole nitrogens is 2. The molecule has 0 aliphatic rings. The van der Waals surface area contributed by atoms with Crippen LogP contribution in [-0.4, -0.2) is 38.0 Å². The van der Waals surface area contributed by atoms with E-state index < -0.39 is 5.97 Å². The summed E-state index contributed by atoms with van der Waals surface area (Å²) in [5, 5.41) is 12.0. The first-order valence-electron chi connectivity index (χ1n) is 9.31. The third kappa shape index (κ3) is 5.01. The minimum Gasteiger partial charge on any atom is -0.481 e. The van der Waals surface area contributed by atoms with E-state index in [4.69, 9.17) is 10.8 Å². The minimum atomic E-state index is -0.883. The fraction of sp³-hybridized carbons (Fsp3) is 0.300. The van der Waals surface area contributed by atoms with E-state index >= 15 is 0 Å². The molecule has 2 heterocycles. The number of aliphatic carboxylic acids is 1. The second-order valence-electron chi connectivity index (χ2n) is 6.99. The number of aryl methyl sites for hydroxylation is 2. The largest absolute Gasteiger partial charge is 0.481 e. The van der Waals surface area contributed by atoms with Gasteiger partial charge < -0.3 is 21.1 Å². The lowest BCUT2D eigenvalue weighted by molar-refractivity contribution is -0.137. The van der Waals surface area contributed by atoms with Gasteiger partial charge in [-0.2, -0.15) is 4.98 Å². The van der Waals surface area contributed by atoms with E-state index in [2.05, 4.69) is 20.3 Å². The van der Waals surface area contributed by atoms with Crippen LogP contribution in [-0.2, 0) is 17.6 Å². The van der Waals surface area contributed by atoms with Crippen LogP contribution in [0.1, 0.15) is 41.3 Å². The fourth-order valence-corrected chi connectivity index (χ4v) is 3.14. The van der Waals surface area contributed by atoms with Crippen LogP contribution in [0, 0.1) is 0 Å². The van der Waals surface area contributed by atoms with Gasteiger partial charge in [-0.25, -0.2) is 0 Å². The Morgan fingerprint density at radius 2 is 1.97 bits per heavy atom. The molecule has 0 saturated heterocycles. The number of nitrogen functional groups attached to an aromatic ring is 1. The summed E-state index contributed by atoms with van der Waals surface area (Å²) >= 11 is 0. The number of nitrogens with zero attached hydrogens (tertiary/aromatic N) is 1. The van der Waals surface area contributed by atoms with Gasteiger partial charge in [0, 0.05) is 24.2 Å². The summed E-state index contributed by atoms with van der Waals surface area (Å²) in [6, 6.07) is 6.98. The van der Waals surface area contributed by atoms with Gasteiger partial charge in [-0.05, 0) is 49.4 Å². The molecule has 1 unspecified atom stereocenters. The van der Waals surface area contributed by atoms with E-state index in [1.807, 2.05) is 12.1 Å². The molecule has 3 aromatic rings. The second-order valence-corrected chi connectivity index (χ2v) is 6.99. The van der Waals surface area contributed by atoms with E-state index in [1.54, 1.807) is 25.3 Å². The molecular weight excluding hydrogens is 374 g/mol. The lowest BCUT2D eigenvalue weighted by Gasteiger charge is -2.13. The van der Waals surface area contributed by atoms with Gasteiger partial charge in [-0.15, -0.1) is 0 Å². The first kappa shape index (κ1) is 20.1. The summed E-state index contributed by atoms with van der Waals surface area (Å²) in [5.41, 5.74) is 8.13. The maximum atomic E-state index is 12.2. The fourth-order valence-electron chi connectivity index (χ4n) is 3.14. The molecule has 152 valence electrons. The molecule has 1 aromatic carbocycles. The average molecular weight is 397 g/mol. The Bertz CT molecular complexity index is 1080. The predicted octanol–water partition coefficient (Wildman–Crippen LogP) is 1.60. The quantitative estimate of drug-likeness (QED) is 0.389. The van der Waals surface area contributed by atoms with Crippen LogP contribution in [0.3, 0.4) is 0 Å². The number of nitrogens with two attached hydrogens (primary N) is 1. The summed E-state index contributed by atoms with van der Waals surface area (Å²) in [6.07, 6.45) is 3.47. The predicted molar refractivity (Wildman–Crippen MR) is 109 cm³/mol. The van der Waals surface area contributed by atoms with E-state index in [1.165, 1.54) is 0 Å². The molecular formula is C20H23N5O4. The highest BCUT2D eigenvalue weighted by atomic mass is 16.4. The normalized spacial score (nSPS) is 12.0. The van der Waals surface area contributed by atoms with Crippen molar-refractivity contribution in [1.82, 2.24) is 20.3 Å². The van der Waals surface area contributed by atoms with Crippen molar-refractivity contribution in [2.24, 2.45) is 0 Å². The third-order valence-corrected chi connectivity index (χ3v) is 4.71. The van der Waals surface area contributed by atoms with Gasteiger partial charge >= 0.3 is 5.97 Å². The number of rotatable bonds is 8. The van der Waals surface area contributed by atoms with Crippen LogP contribution in [0.4, 0.5) is 5.95 Å². The van der Waals surface area contributed by atoms with Crippen molar-refractivity contribution in [3.8, 4) is 0 Å². The zero-order valence-electron chi connectivity index (χ0n) is 16.0. The number of nitrogens with one attached hydrogen (secondary N) is 3. The Morgan fingerprint density at radius 1 is 1.24 bits per heavy atom. The summed E-state index contributed by atoms with van der Waals surface area (Å²) in [6.45, 7) is 1.78. The van der Waals surface area contributed by atoms with Crippen molar-refractivity contribution in [1.29, 1.82) is 0 Å². The zero-order valence-corrected chi connectivity index (χ0v) is 16.0. The van der Waals surface area contributed by atoms with Crippen molar-refractivity contribution in [3.63, 3.8) is 0 Å². The maximum absolute atomic E-state index is 12.2. The molecule has 0 bridgehead atoms. The van der Waals surface area contributed by atoms with Crippen molar-refractivity contribution in [2.45, 2.75) is 38.6 Å². The third-order valence-electron chi connectivity index (χ3n) is 4.71. The molecule has 9 heteroatoms. The Labute approximate surface area is 166 Å². The lowest BCUT2D eigenvalue weighted by Crippen LogP contribution is -2.32. The molecule has 0 saturated carbocycles. The van der Waals surface area contributed by atoms with E-state index in [0.29, 0.717) is 35.9 Å². The van der Waals surface area contributed by atoms with Gasteiger partial charge in [0.15, 0.2) is 0 Å². The SMILES string of the molecule is CC(CCC(=O)O)NC(=O)c1ccc(CCc2c[nH]c3nc(N)[nH]c(=O)c23)cc1. The molecule has 0 aliphatic heterocycles. The standard InChI is InChI=1S/C20H23N5O4/c1-11(2-9-15(26)27)23-18(28)13-6-3-12(4-7-13)5-8-14-10-22-17-16(14)19(29)25-20(21)24-17/h3-4,6-7,10-11H,2,5,8-9H2,1H3,(H,23,28)(H,26,27)(H4,21,22,24,25,29). The van der Waals surface area contributed by atoms with Crippen molar-refractivity contribution < 1.29 is 14.7 Å². The van der Waals surface area contributed by atoms with E-state index in [0.717, 1.165) is 11.1 Å². The van der Waals surface area contributed by atoms with Gasteiger partial charge in [-0.1, -0.05) is 12.1 Å². The number of carbonyl (C=O) groups excluding carboxylic acids is 1. The van der Waals surface area contributed by atoms with E-state index in [9.17, 15) is 14.4 Å². The maximum Gasteiger partial charge on any atom is 0.303 e. The smallest absolute Gasteiger partial charge is 0.303 e. The van der Waals surface area contributed by atoms with E-state index in [-0.39, 0.29) is 29.9 Å². The van der Waals surface area contributed by atoms with Crippen LogP contribution < -0.4 is 16.6 Å². The summed E-state index contributed by atoms with van der Waals surface area (Å²) in [7, 11) is 0. The first-order valence-corrected chi connectivity index (χ1v) is 9.31. The molecule has 9 nitrogen and oxygen atoms in total. The molecule has 0 radical (unpaired) electrons. The Balaban J connectivity index is 1.60. The molecule has 6 N–H and O–H groups in total. The van der Waals surface area contributed by atoms with Crippen LogP contribution in [0.2, 0.25) is 0 Å². The van der Waals surface area contributed by atoms with Crippen LogP contribution >= 0.6 is 0 Å². The number of anilines is 1. The number of aromatic amines is 2. The van der Waals surface area contributed by atoms with Crippen LogP contribution in [0.5, 0.6) is 0 Å². The molecule has 3 rings (SSSR count). The molecule has 2 aromatic heterocycles. The van der Waals surface area contributed by atoms with Crippen LogP contribution in [0.15, 0.2) is 35.3 Å². The van der Waals surface area contributed by atoms with Gasteiger partial charge in [0.2, 0.25) is 5.95 Å². The topological polar surface area (TPSA) is 154 Å². The first-order chi connectivity index (χ1) is 13.8. The van der Waals surface area contributed by atoms with Gasteiger partial charge in [0.05, 0.1) is 5.39 Å². The average Bonchev–Trinajstić information content (AvgIpc) is 3.08. The molecule has 29 heavy (non-hydrogen) atoms. The molecule has 0 spiro atoms. The number of carboxylic acids is 1. The highest BCUT2D eigenvalue weighted by Gasteiger charge is 2.12. The van der Waals surface area contributed by atoms with Gasteiger partial charge in [0.25, 0.3) is 11.5 Å². The molecule has 1 atom stereocenters. The Morgan fingerprint density at radius 3 is 2.66 bits per heavy atom. The number of hydrogen-bond donors (Lipinski definition) is 5. The number of aromatic nitrogens is 3. The number of hydrogen-bond acceptors (Lipinski definition) is 5. The summed E-state index contributed by atoms with van der Waals surface area (Å²) in [4.78, 5) is 44.5. The number of fused-ring (bicyclic) bond motifs is 1. The Hall–Kier alpha value is -3.62. The monoisotopic (exact) mass is 397 g/mol. The number of benzene rings is 1. The van der Waals surface area contributed by atoms with Crippen LogP contribution in [0.25, 0.3) is 11.0 Å². The second kappa shape index (κ2) is 8.59. The highest BCUT2D eigenvalue weighted by molar-refractivity contribution is 5.94. The van der Waals surface area contributed by atoms with Crippen molar-refractivity contribution in [2.75, 3.05) is 5.73 Å². The molecule has 0 aliphatic carbocycles. The minimum absolute atomic E-state index is 0.0131. The summed E-state index contributed by atoms with van der Waals surface area (Å²) < 4.78 is 0. The number of carboxylic acid groups (broad SMARTS) is 1. The summed E-state index contributed by atoms with van der Waals surface area (Å²) in [5.74, 6) is -1.05. The zero-order chi connectivity index (χ0) is 21.0. The lowest BCUT2D eigenvalue weighted by atomic mass is 10.0. The molecule has 0 fully saturated rings. The van der Waals surface area contributed by atoms with Crippen molar-refractivity contribution in [3.05, 3.63) is 57.5 Å². The van der Waals surface area contributed by atoms with Gasteiger partial charge in [-0.3, -0.25) is 19.4 Å². The Kier molecular flexibility index (Phi) is 5.96. The number of amides is 1. The van der Waals surface area contributed by atoms with Crippen molar-refractivity contribution >= 4 is 28.9 Å². The molecule has 1 amide bonds. The van der Waals surface area contributed by atoms with Gasteiger partial charge in [0.1, 0.15) is 5.65 Å². The number of carbonyl (C=O) groups is 2. The highest BCUT2D eigenvalue weighted by Crippen LogP contribution is 2.16.